The molecular weight excluding hydrogens is 283 g/mol. The molecule has 0 saturated heterocycles. The summed E-state index contributed by atoms with van der Waals surface area (Å²) in [6.07, 6.45) is 8.12. The van der Waals surface area contributed by atoms with E-state index in [4.69, 9.17) is 5.73 Å². The molecule has 116 valence electrons. The van der Waals surface area contributed by atoms with Crippen LogP contribution in [0, 0.1) is 17.7 Å². The lowest BCUT2D eigenvalue weighted by molar-refractivity contribution is 0.399. The van der Waals surface area contributed by atoms with E-state index in [0.29, 0.717) is 17.6 Å². The Hall–Kier alpha value is -2.18. The molecule has 2 fully saturated rings. The van der Waals surface area contributed by atoms with Crippen LogP contribution < -0.4 is 11.1 Å². The average molecular weight is 302 g/mol. The largest absolute Gasteiger partial charge is 0.381 e. The molecule has 7 heteroatoms. The molecule has 3 N–H and O–H groups in total. The van der Waals surface area contributed by atoms with Gasteiger partial charge in [0.05, 0.1) is 17.6 Å². The first-order valence-corrected chi connectivity index (χ1v) is 7.68. The fraction of sp³-hybridized carbons (Fsp3) is 0.533. The zero-order valence-electron chi connectivity index (χ0n) is 12.5. The highest BCUT2D eigenvalue weighted by Crippen LogP contribution is 2.53. The van der Waals surface area contributed by atoms with Crippen molar-refractivity contribution in [2.45, 2.75) is 31.6 Å². The van der Waals surface area contributed by atoms with Crippen molar-refractivity contribution in [1.29, 1.82) is 0 Å². The van der Waals surface area contributed by atoms with Crippen LogP contribution in [0.25, 0.3) is 0 Å². The molecule has 4 rings (SSSR count). The van der Waals surface area contributed by atoms with Crippen molar-refractivity contribution in [3.8, 4) is 0 Å². The van der Waals surface area contributed by atoms with Crippen molar-refractivity contribution in [2.75, 3.05) is 11.1 Å². The van der Waals surface area contributed by atoms with Crippen molar-refractivity contribution in [3.05, 3.63) is 23.9 Å². The first kappa shape index (κ1) is 13.5. The predicted molar refractivity (Wildman–Crippen MR) is 81.1 cm³/mol. The zero-order chi connectivity index (χ0) is 15.3. The fourth-order valence-corrected chi connectivity index (χ4v) is 3.98. The van der Waals surface area contributed by atoms with Crippen molar-refractivity contribution < 1.29 is 4.39 Å². The summed E-state index contributed by atoms with van der Waals surface area (Å²) in [5.41, 5.74) is 6.99. The molecular formula is C15H19FN6. The van der Waals surface area contributed by atoms with Gasteiger partial charge >= 0.3 is 0 Å². The summed E-state index contributed by atoms with van der Waals surface area (Å²) in [7, 11) is 1.83. The van der Waals surface area contributed by atoms with Crippen molar-refractivity contribution in [3.63, 3.8) is 0 Å². The van der Waals surface area contributed by atoms with E-state index < -0.39 is 5.82 Å². The predicted octanol–water partition coefficient (Wildman–Crippen LogP) is 2.58. The van der Waals surface area contributed by atoms with Crippen LogP contribution in [0.1, 0.15) is 37.3 Å². The molecule has 0 unspecified atom stereocenters. The SMILES string of the molecule is Cn1cc(Nc2nc(N)c(F)c([C@@H]3C[C@H]4CC[C@@H]3C4)n2)cn1. The summed E-state index contributed by atoms with van der Waals surface area (Å²) >= 11 is 0. The van der Waals surface area contributed by atoms with Crippen LogP contribution in [0.4, 0.5) is 21.8 Å². The van der Waals surface area contributed by atoms with Gasteiger partial charge < -0.3 is 11.1 Å². The van der Waals surface area contributed by atoms with E-state index in [1.807, 2.05) is 7.05 Å². The Morgan fingerprint density at radius 1 is 1.32 bits per heavy atom. The molecule has 6 nitrogen and oxygen atoms in total. The summed E-state index contributed by atoms with van der Waals surface area (Å²) in [5.74, 6) is 1.25. The molecule has 3 atom stereocenters. The number of nitrogens with two attached hydrogens (primary N) is 1. The molecule has 2 aliphatic carbocycles. The van der Waals surface area contributed by atoms with Crippen LogP contribution in [0.15, 0.2) is 12.4 Å². The smallest absolute Gasteiger partial charge is 0.229 e. The molecule has 2 aromatic heterocycles. The van der Waals surface area contributed by atoms with Crippen LogP contribution in [0.2, 0.25) is 0 Å². The minimum absolute atomic E-state index is 0.0841. The number of nitrogens with zero attached hydrogens (tertiary/aromatic N) is 4. The molecule has 22 heavy (non-hydrogen) atoms. The second-order valence-electron chi connectivity index (χ2n) is 6.44. The lowest BCUT2D eigenvalue weighted by atomic mass is 9.86. The van der Waals surface area contributed by atoms with E-state index in [9.17, 15) is 4.39 Å². The first-order chi connectivity index (χ1) is 10.6. The molecule has 0 amide bonds. The van der Waals surface area contributed by atoms with E-state index in [0.717, 1.165) is 18.0 Å². The second-order valence-corrected chi connectivity index (χ2v) is 6.44. The van der Waals surface area contributed by atoms with E-state index in [-0.39, 0.29) is 11.7 Å². The van der Waals surface area contributed by atoms with E-state index >= 15 is 0 Å². The number of aryl methyl sites for hydroxylation is 1. The molecule has 2 aromatic rings. The molecule has 2 bridgehead atoms. The number of hydrogen-bond acceptors (Lipinski definition) is 5. The highest BCUT2D eigenvalue weighted by atomic mass is 19.1. The van der Waals surface area contributed by atoms with Crippen LogP contribution in [0.3, 0.4) is 0 Å². The van der Waals surface area contributed by atoms with Gasteiger partial charge in [0.2, 0.25) is 5.95 Å². The molecule has 2 aliphatic rings. The van der Waals surface area contributed by atoms with Gasteiger partial charge in [0.1, 0.15) is 0 Å². The van der Waals surface area contributed by atoms with Gasteiger partial charge in [0.15, 0.2) is 11.6 Å². The fourth-order valence-electron chi connectivity index (χ4n) is 3.98. The zero-order valence-corrected chi connectivity index (χ0v) is 12.5. The van der Waals surface area contributed by atoms with Crippen molar-refractivity contribution in [1.82, 2.24) is 19.7 Å². The van der Waals surface area contributed by atoms with Gasteiger partial charge in [-0.3, -0.25) is 4.68 Å². The van der Waals surface area contributed by atoms with Gasteiger partial charge in [0.25, 0.3) is 0 Å². The maximum Gasteiger partial charge on any atom is 0.229 e. The number of fused-ring (bicyclic) bond motifs is 2. The molecule has 2 saturated carbocycles. The molecule has 2 heterocycles. The highest BCUT2D eigenvalue weighted by Gasteiger charge is 2.42. The number of anilines is 3. The number of halogens is 1. The van der Waals surface area contributed by atoms with Crippen LogP contribution in [-0.2, 0) is 7.05 Å². The number of nitrogens with one attached hydrogen (secondary N) is 1. The lowest BCUT2D eigenvalue weighted by Crippen LogP contribution is -2.15. The summed E-state index contributed by atoms with van der Waals surface area (Å²) in [5, 5.41) is 7.13. The van der Waals surface area contributed by atoms with Crippen LogP contribution in [0.5, 0.6) is 0 Å². The normalized spacial score (nSPS) is 26.5. The summed E-state index contributed by atoms with van der Waals surface area (Å²) < 4.78 is 16.1. The third kappa shape index (κ3) is 2.20. The Morgan fingerprint density at radius 2 is 2.18 bits per heavy atom. The number of nitrogen functional groups attached to an aromatic ring is 1. The van der Waals surface area contributed by atoms with Crippen molar-refractivity contribution in [2.24, 2.45) is 18.9 Å². The summed E-state index contributed by atoms with van der Waals surface area (Å²) in [4.78, 5) is 8.44. The van der Waals surface area contributed by atoms with Crippen LogP contribution in [-0.4, -0.2) is 19.7 Å². The molecule has 0 aliphatic heterocycles. The summed E-state index contributed by atoms with van der Waals surface area (Å²) in [6, 6.07) is 0. The van der Waals surface area contributed by atoms with Gasteiger partial charge in [-0.2, -0.15) is 10.1 Å². The number of rotatable bonds is 3. The number of hydrogen-bond donors (Lipinski definition) is 2. The molecule has 0 aromatic carbocycles. The van der Waals surface area contributed by atoms with Crippen LogP contribution >= 0.6 is 0 Å². The van der Waals surface area contributed by atoms with Gasteiger partial charge in [-0.1, -0.05) is 6.42 Å². The Balaban J connectivity index is 1.66. The average Bonchev–Trinajstić information content (AvgIpc) is 3.19. The second kappa shape index (κ2) is 4.93. The van der Waals surface area contributed by atoms with E-state index in [2.05, 4.69) is 20.4 Å². The maximum atomic E-state index is 14.4. The monoisotopic (exact) mass is 302 g/mol. The standard InChI is InChI=1S/C15H19FN6/c1-22-7-10(6-18-22)19-15-20-13(12(16)14(17)21-15)11-5-8-2-3-9(11)4-8/h6-9,11H,2-5H2,1H3,(H3,17,19,20,21)/t8-,9+,11+/m0/s1. The third-order valence-corrected chi connectivity index (χ3v) is 4.95. The van der Waals surface area contributed by atoms with Gasteiger partial charge in [-0.05, 0) is 31.1 Å². The summed E-state index contributed by atoms with van der Waals surface area (Å²) in [6.45, 7) is 0. The Kier molecular flexibility index (Phi) is 3.02. The third-order valence-electron chi connectivity index (χ3n) is 4.95. The minimum Gasteiger partial charge on any atom is -0.381 e. The Labute approximate surface area is 127 Å². The highest BCUT2D eigenvalue weighted by molar-refractivity contribution is 5.53. The lowest BCUT2D eigenvalue weighted by Gasteiger charge is -2.22. The number of aromatic nitrogens is 4. The van der Waals surface area contributed by atoms with E-state index in [1.54, 1.807) is 17.1 Å². The van der Waals surface area contributed by atoms with Gasteiger partial charge in [-0.15, -0.1) is 0 Å². The topological polar surface area (TPSA) is 81.7 Å². The van der Waals surface area contributed by atoms with E-state index in [1.165, 1.54) is 19.3 Å². The van der Waals surface area contributed by atoms with Gasteiger partial charge in [-0.25, -0.2) is 9.37 Å². The molecule has 0 spiro atoms. The Bertz CT molecular complexity index is 712. The quantitative estimate of drug-likeness (QED) is 0.910. The van der Waals surface area contributed by atoms with Gasteiger partial charge in [0, 0.05) is 19.2 Å². The Morgan fingerprint density at radius 3 is 2.82 bits per heavy atom. The first-order valence-electron chi connectivity index (χ1n) is 7.68. The molecule has 0 radical (unpaired) electrons. The maximum absolute atomic E-state index is 14.4. The minimum atomic E-state index is -0.450. The van der Waals surface area contributed by atoms with Crippen molar-refractivity contribution >= 4 is 17.5 Å².